The van der Waals surface area contributed by atoms with E-state index in [9.17, 15) is 0 Å². The fraction of sp³-hybridized carbons (Fsp3) is 1.00. The molecule has 2 N–H and O–H groups in total. The summed E-state index contributed by atoms with van der Waals surface area (Å²) in [6, 6.07) is 0. The quantitative estimate of drug-likeness (QED) is 0.646. The summed E-state index contributed by atoms with van der Waals surface area (Å²) in [6.07, 6.45) is 3.82. The number of ether oxygens (including phenoxy) is 1. The van der Waals surface area contributed by atoms with E-state index >= 15 is 0 Å². The van der Waals surface area contributed by atoms with Crippen LogP contribution in [0.4, 0.5) is 0 Å². The fourth-order valence-electron chi connectivity index (χ4n) is 4.37. The van der Waals surface area contributed by atoms with Crippen LogP contribution in [0.2, 0.25) is 0 Å². The van der Waals surface area contributed by atoms with Crippen LogP contribution in [0, 0.1) is 16.7 Å². The number of rotatable bonds is 5. The average Bonchev–Trinajstić information content (AvgIpc) is 2.56. The lowest BCUT2D eigenvalue weighted by Crippen LogP contribution is -2.54. The topological polar surface area (TPSA) is 38.5 Å². The summed E-state index contributed by atoms with van der Waals surface area (Å²) in [6.45, 7) is 27.6. The maximum atomic E-state index is 5.80. The lowest BCUT2D eigenvalue weighted by molar-refractivity contribution is -0.113. The molecule has 0 radical (unpaired) electrons. The predicted octanol–water partition coefficient (Wildman–Crippen LogP) is 5.97. The first-order valence-corrected chi connectivity index (χ1v) is 10.6. The van der Waals surface area contributed by atoms with Gasteiger partial charge in [0, 0.05) is 12.6 Å². The molecule has 1 heterocycles. The molecule has 0 bridgehead atoms. The van der Waals surface area contributed by atoms with E-state index in [0.29, 0.717) is 11.0 Å². The molecule has 0 atom stereocenters. The Morgan fingerprint density at radius 3 is 1.54 bits per heavy atom. The first-order chi connectivity index (χ1) is 11.7. The van der Waals surface area contributed by atoms with Gasteiger partial charge in [-0.05, 0) is 83.8 Å². The lowest BCUT2D eigenvalue weighted by atomic mass is 9.64. The maximum Gasteiger partial charge on any atom is 0.0676 e. The Hall–Kier alpha value is -0.120. The van der Waals surface area contributed by atoms with Crippen LogP contribution in [0.1, 0.15) is 95.4 Å². The van der Waals surface area contributed by atoms with Crippen molar-refractivity contribution in [1.82, 2.24) is 4.90 Å². The zero-order chi connectivity index (χ0) is 21.4. The number of piperidine rings is 1. The van der Waals surface area contributed by atoms with Crippen molar-refractivity contribution in [2.24, 2.45) is 22.5 Å². The third-order valence-corrected chi connectivity index (χ3v) is 6.40. The summed E-state index contributed by atoms with van der Waals surface area (Å²) < 4.78 is 5.80. The summed E-state index contributed by atoms with van der Waals surface area (Å²) in [5.41, 5.74) is 5.32. The third kappa shape index (κ3) is 7.86. The van der Waals surface area contributed by atoms with Gasteiger partial charge in [0.2, 0.25) is 0 Å². The first kappa shape index (κ1) is 28.1. The fourth-order valence-corrected chi connectivity index (χ4v) is 4.37. The zero-order valence-corrected chi connectivity index (χ0v) is 20.5. The van der Waals surface area contributed by atoms with Gasteiger partial charge in [-0.3, -0.25) is 4.90 Å². The summed E-state index contributed by atoms with van der Waals surface area (Å²) in [5, 5.41) is 0. The Morgan fingerprint density at radius 1 is 0.846 bits per heavy atom. The summed E-state index contributed by atoms with van der Waals surface area (Å²) in [7, 11) is 3.35. The molecule has 0 spiro atoms. The zero-order valence-electron chi connectivity index (χ0n) is 20.5. The SMILES string of the molecule is CC.CN.COC(C)(C)C(C)(C)C1CCN(C(C)(C)CC(C)(C)C)CC1. The van der Waals surface area contributed by atoms with Gasteiger partial charge in [-0.2, -0.15) is 0 Å². The van der Waals surface area contributed by atoms with Gasteiger partial charge in [-0.15, -0.1) is 0 Å². The molecule has 0 aromatic carbocycles. The normalized spacial score (nSPS) is 17.8. The van der Waals surface area contributed by atoms with E-state index < -0.39 is 0 Å². The minimum Gasteiger partial charge on any atom is -0.378 e. The van der Waals surface area contributed by atoms with E-state index in [1.807, 2.05) is 21.0 Å². The van der Waals surface area contributed by atoms with Crippen LogP contribution >= 0.6 is 0 Å². The molecule has 0 aliphatic carbocycles. The molecular formula is C23H52N2O. The Labute approximate surface area is 166 Å². The molecule has 1 aliphatic heterocycles. The van der Waals surface area contributed by atoms with Gasteiger partial charge in [-0.1, -0.05) is 48.5 Å². The molecule has 0 aromatic heterocycles. The molecule has 3 nitrogen and oxygen atoms in total. The van der Waals surface area contributed by atoms with Crippen LogP contribution in [0.5, 0.6) is 0 Å². The van der Waals surface area contributed by atoms with E-state index in [-0.39, 0.29) is 11.0 Å². The van der Waals surface area contributed by atoms with Gasteiger partial charge in [0.05, 0.1) is 5.60 Å². The number of nitrogens with zero attached hydrogens (tertiary/aromatic N) is 1. The van der Waals surface area contributed by atoms with Crippen LogP contribution in [0.3, 0.4) is 0 Å². The van der Waals surface area contributed by atoms with Crippen LogP contribution in [-0.2, 0) is 4.74 Å². The Bertz CT molecular complexity index is 359. The summed E-state index contributed by atoms with van der Waals surface area (Å²) in [4.78, 5) is 2.71. The highest BCUT2D eigenvalue weighted by molar-refractivity contribution is 4.97. The number of methoxy groups -OCH3 is 1. The molecule has 0 aromatic rings. The second-order valence-corrected chi connectivity index (χ2v) is 10.2. The molecule has 3 heteroatoms. The first-order valence-electron chi connectivity index (χ1n) is 10.6. The van der Waals surface area contributed by atoms with Crippen LogP contribution < -0.4 is 5.73 Å². The molecule has 0 amide bonds. The van der Waals surface area contributed by atoms with E-state index in [0.717, 1.165) is 5.92 Å². The van der Waals surface area contributed by atoms with Gasteiger partial charge in [-0.25, -0.2) is 0 Å². The lowest BCUT2D eigenvalue weighted by Gasteiger charge is -2.52. The van der Waals surface area contributed by atoms with Crippen LogP contribution in [0.25, 0.3) is 0 Å². The Kier molecular flexibility index (Phi) is 11.9. The summed E-state index contributed by atoms with van der Waals surface area (Å²) >= 11 is 0. The van der Waals surface area contributed by atoms with Gasteiger partial charge in [0.25, 0.3) is 0 Å². The second-order valence-electron chi connectivity index (χ2n) is 10.2. The van der Waals surface area contributed by atoms with Gasteiger partial charge >= 0.3 is 0 Å². The highest BCUT2D eigenvalue weighted by Gasteiger charge is 2.45. The number of hydrogen-bond donors (Lipinski definition) is 1. The molecule has 0 saturated carbocycles. The third-order valence-electron chi connectivity index (χ3n) is 6.40. The van der Waals surface area contributed by atoms with E-state index in [1.54, 1.807) is 0 Å². The molecule has 1 saturated heterocycles. The van der Waals surface area contributed by atoms with Crippen molar-refractivity contribution in [2.75, 3.05) is 27.2 Å². The van der Waals surface area contributed by atoms with Gasteiger partial charge in [0.15, 0.2) is 0 Å². The van der Waals surface area contributed by atoms with Crippen molar-refractivity contribution in [1.29, 1.82) is 0 Å². The molecule has 26 heavy (non-hydrogen) atoms. The Balaban J connectivity index is 0. The van der Waals surface area contributed by atoms with Crippen molar-refractivity contribution in [3.63, 3.8) is 0 Å². The standard InChI is InChI=1S/C20H41NO.C2H6.CH5N/c1-17(2,3)15-18(4,5)21-13-11-16(12-14-21)19(6,7)20(8,9)22-10;2*1-2/h16H,11-15H2,1-10H3;1-2H3;2H2,1H3. The van der Waals surface area contributed by atoms with Gasteiger partial charge < -0.3 is 10.5 Å². The molecule has 1 fully saturated rings. The smallest absolute Gasteiger partial charge is 0.0676 e. The second kappa shape index (κ2) is 11.0. The van der Waals surface area contributed by atoms with Crippen molar-refractivity contribution < 1.29 is 4.74 Å². The summed E-state index contributed by atoms with van der Waals surface area (Å²) in [5.74, 6) is 0.740. The van der Waals surface area contributed by atoms with Gasteiger partial charge in [0.1, 0.15) is 0 Å². The minimum atomic E-state index is -0.0687. The predicted molar refractivity (Wildman–Crippen MR) is 119 cm³/mol. The van der Waals surface area contributed by atoms with E-state index in [1.165, 1.54) is 39.4 Å². The van der Waals surface area contributed by atoms with E-state index in [4.69, 9.17) is 4.74 Å². The number of likely N-dealkylation sites (tertiary alicyclic amines) is 1. The molecule has 1 rings (SSSR count). The number of hydrogen-bond acceptors (Lipinski definition) is 3. The van der Waals surface area contributed by atoms with Crippen molar-refractivity contribution in [3.8, 4) is 0 Å². The van der Waals surface area contributed by atoms with Crippen LogP contribution in [0.15, 0.2) is 0 Å². The largest absolute Gasteiger partial charge is 0.378 e. The average molecular weight is 373 g/mol. The Morgan fingerprint density at radius 2 is 1.23 bits per heavy atom. The van der Waals surface area contributed by atoms with Crippen molar-refractivity contribution in [3.05, 3.63) is 0 Å². The molecular weight excluding hydrogens is 320 g/mol. The molecule has 160 valence electrons. The van der Waals surface area contributed by atoms with E-state index in [2.05, 4.69) is 72.9 Å². The minimum absolute atomic E-state index is 0.0687. The highest BCUT2D eigenvalue weighted by atomic mass is 16.5. The maximum absolute atomic E-state index is 5.80. The number of nitrogens with two attached hydrogens (primary N) is 1. The molecule has 1 aliphatic rings. The molecule has 0 unspecified atom stereocenters. The highest BCUT2D eigenvalue weighted by Crippen LogP contribution is 2.46. The van der Waals surface area contributed by atoms with Crippen LogP contribution in [-0.4, -0.2) is 43.3 Å². The monoisotopic (exact) mass is 372 g/mol. The van der Waals surface area contributed by atoms with Crippen molar-refractivity contribution >= 4 is 0 Å². The van der Waals surface area contributed by atoms with Crippen molar-refractivity contribution in [2.45, 2.75) is 107 Å².